The van der Waals surface area contributed by atoms with Crippen molar-refractivity contribution in [1.82, 2.24) is 24.3 Å². The van der Waals surface area contributed by atoms with Gasteiger partial charge < -0.3 is 9.13 Å². The van der Waals surface area contributed by atoms with Gasteiger partial charge in [0.1, 0.15) is 5.82 Å². The van der Waals surface area contributed by atoms with Crippen LogP contribution in [-0.4, -0.2) is 24.3 Å². The van der Waals surface area contributed by atoms with Crippen LogP contribution >= 0.6 is 12.2 Å². The fourth-order valence-electron chi connectivity index (χ4n) is 4.40. The molecule has 6 nitrogen and oxygen atoms in total. The van der Waals surface area contributed by atoms with Crippen molar-refractivity contribution < 1.29 is 0 Å². The number of nitrogens with zero attached hydrogens (tertiary/aromatic N) is 4. The third-order valence-electron chi connectivity index (χ3n) is 6.03. The van der Waals surface area contributed by atoms with Crippen LogP contribution in [0.3, 0.4) is 0 Å². The molecule has 2 aromatic heterocycles. The molecule has 0 spiro atoms. The molecule has 0 bridgehead atoms. The summed E-state index contributed by atoms with van der Waals surface area (Å²) < 4.78 is 4.76. The van der Waals surface area contributed by atoms with E-state index in [0.717, 1.165) is 55.1 Å². The zero-order valence-electron chi connectivity index (χ0n) is 18.0. The average molecular weight is 418 g/mol. The summed E-state index contributed by atoms with van der Waals surface area (Å²) in [4.78, 5) is 15.0. The summed E-state index contributed by atoms with van der Waals surface area (Å²) in [6, 6.07) is 0. The number of aryl methyl sites for hydroxylation is 1. The van der Waals surface area contributed by atoms with E-state index in [1.165, 1.54) is 51.4 Å². The Bertz CT molecular complexity index is 911. The normalized spacial score (nSPS) is 13.2. The van der Waals surface area contributed by atoms with E-state index < -0.39 is 0 Å². The van der Waals surface area contributed by atoms with Crippen LogP contribution in [0, 0.1) is 4.77 Å². The molecule has 160 valence electrons. The van der Waals surface area contributed by atoms with Gasteiger partial charge in [-0.2, -0.15) is 0 Å². The lowest BCUT2D eigenvalue weighted by molar-refractivity contribution is 0.559. The molecule has 7 heteroatoms. The molecule has 1 N–H and O–H groups in total. The van der Waals surface area contributed by atoms with Gasteiger partial charge in [-0.05, 0) is 44.8 Å². The quantitative estimate of drug-likeness (QED) is 0.400. The van der Waals surface area contributed by atoms with Crippen LogP contribution in [0.25, 0.3) is 0 Å². The van der Waals surface area contributed by atoms with Crippen LogP contribution in [0.15, 0.2) is 4.79 Å². The summed E-state index contributed by atoms with van der Waals surface area (Å²) in [6.45, 7) is 5.83. The van der Waals surface area contributed by atoms with Gasteiger partial charge in [-0.15, -0.1) is 10.2 Å². The zero-order chi connectivity index (χ0) is 20.6. The molecule has 0 amide bonds. The lowest BCUT2D eigenvalue weighted by Gasteiger charge is -2.13. The topological polar surface area (TPSA) is 68.5 Å². The van der Waals surface area contributed by atoms with Crippen molar-refractivity contribution in [2.24, 2.45) is 0 Å². The van der Waals surface area contributed by atoms with Crippen LogP contribution in [0.2, 0.25) is 0 Å². The minimum atomic E-state index is -0.0221. The van der Waals surface area contributed by atoms with Crippen LogP contribution in [0.4, 0.5) is 0 Å². The molecule has 0 saturated carbocycles. The number of aromatic nitrogens is 5. The molecule has 0 atom stereocenters. The van der Waals surface area contributed by atoms with E-state index in [1.54, 1.807) is 0 Å². The van der Waals surface area contributed by atoms with E-state index in [1.807, 2.05) is 0 Å². The first-order chi connectivity index (χ1) is 14.2. The van der Waals surface area contributed by atoms with Gasteiger partial charge >= 0.3 is 0 Å². The van der Waals surface area contributed by atoms with Crippen LogP contribution in [0.1, 0.15) is 94.5 Å². The molecule has 29 heavy (non-hydrogen) atoms. The Balaban J connectivity index is 1.60. The third kappa shape index (κ3) is 5.44. The fraction of sp³-hybridized carbons (Fsp3) is 0.727. The number of hydrogen-bond acceptors (Lipinski definition) is 4. The fourth-order valence-corrected chi connectivity index (χ4v) is 4.67. The maximum absolute atomic E-state index is 12.1. The van der Waals surface area contributed by atoms with Crippen molar-refractivity contribution in [3.8, 4) is 0 Å². The number of H-pyrrole nitrogens is 1. The first-order valence-electron chi connectivity index (χ1n) is 11.4. The number of fused-ring (bicyclic) bond motifs is 1. The number of hydrogen-bond donors (Lipinski definition) is 1. The highest BCUT2D eigenvalue weighted by Gasteiger charge is 2.20. The average Bonchev–Trinajstić information content (AvgIpc) is 3.34. The Labute approximate surface area is 178 Å². The Morgan fingerprint density at radius 2 is 1.62 bits per heavy atom. The molecule has 2 heterocycles. The summed E-state index contributed by atoms with van der Waals surface area (Å²) in [6.07, 6.45) is 14.2. The molecule has 0 radical (unpaired) electrons. The maximum Gasteiger partial charge on any atom is 0.255 e. The number of rotatable bonds is 12. The van der Waals surface area contributed by atoms with E-state index in [0.29, 0.717) is 11.3 Å². The van der Waals surface area contributed by atoms with Gasteiger partial charge in [-0.1, -0.05) is 51.9 Å². The van der Waals surface area contributed by atoms with Gasteiger partial charge in [0.2, 0.25) is 0 Å². The molecule has 0 aromatic carbocycles. The van der Waals surface area contributed by atoms with Crippen molar-refractivity contribution in [3.63, 3.8) is 0 Å². The third-order valence-corrected chi connectivity index (χ3v) is 6.35. The van der Waals surface area contributed by atoms with Crippen LogP contribution < -0.4 is 5.56 Å². The Hall–Kier alpha value is -1.76. The molecule has 2 aromatic rings. The highest BCUT2D eigenvalue weighted by Crippen LogP contribution is 2.20. The molecule has 0 fully saturated rings. The lowest BCUT2D eigenvalue weighted by atomic mass is 10.1. The second kappa shape index (κ2) is 10.9. The number of nitrogens with one attached hydrogen (secondary N) is 1. The summed E-state index contributed by atoms with van der Waals surface area (Å²) in [5.41, 5.74) is 1.94. The smallest absolute Gasteiger partial charge is 0.255 e. The Morgan fingerprint density at radius 3 is 2.34 bits per heavy atom. The van der Waals surface area contributed by atoms with Gasteiger partial charge in [-0.25, -0.2) is 0 Å². The van der Waals surface area contributed by atoms with E-state index in [2.05, 4.69) is 38.2 Å². The first kappa shape index (κ1) is 21.9. The highest BCUT2D eigenvalue weighted by molar-refractivity contribution is 7.71. The molecule has 0 aliphatic heterocycles. The van der Waals surface area contributed by atoms with Gasteiger partial charge in [0.05, 0.1) is 6.54 Å². The minimum absolute atomic E-state index is 0.0221. The molecular weight excluding hydrogens is 382 g/mol. The van der Waals surface area contributed by atoms with Crippen LogP contribution in [-0.2, 0) is 32.4 Å². The summed E-state index contributed by atoms with van der Waals surface area (Å²) in [7, 11) is 0. The standard InChI is InChI=1S/C22H35N5OS/c1-3-5-6-7-8-9-10-11-15-19-24-25-20(26(19)4-2)16-27-18-14-12-13-17(18)21(28)23-22(27)29/h3-16H2,1-2H3,(H,23,28,29). The van der Waals surface area contributed by atoms with E-state index in [-0.39, 0.29) is 5.56 Å². The Morgan fingerprint density at radius 1 is 0.931 bits per heavy atom. The van der Waals surface area contributed by atoms with Crippen molar-refractivity contribution in [3.05, 3.63) is 38.0 Å². The minimum Gasteiger partial charge on any atom is -0.314 e. The first-order valence-corrected chi connectivity index (χ1v) is 11.8. The monoisotopic (exact) mass is 417 g/mol. The highest BCUT2D eigenvalue weighted by atomic mass is 32.1. The zero-order valence-corrected chi connectivity index (χ0v) is 18.8. The van der Waals surface area contributed by atoms with E-state index in [4.69, 9.17) is 12.2 Å². The van der Waals surface area contributed by atoms with Crippen molar-refractivity contribution in [1.29, 1.82) is 0 Å². The maximum atomic E-state index is 12.1. The van der Waals surface area contributed by atoms with Gasteiger partial charge in [0.15, 0.2) is 10.6 Å². The predicted octanol–water partition coefficient (Wildman–Crippen LogP) is 4.74. The summed E-state index contributed by atoms with van der Waals surface area (Å²) in [5, 5.41) is 8.95. The molecule has 3 rings (SSSR count). The van der Waals surface area contributed by atoms with Crippen molar-refractivity contribution >= 4 is 12.2 Å². The molecule has 0 saturated heterocycles. The largest absolute Gasteiger partial charge is 0.314 e. The molecular formula is C22H35N5OS. The van der Waals surface area contributed by atoms with E-state index >= 15 is 0 Å². The number of aromatic amines is 1. The molecule has 1 aliphatic carbocycles. The van der Waals surface area contributed by atoms with E-state index in [9.17, 15) is 4.79 Å². The van der Waals surface area contributed by atoms with Gasteiger partial charge in [-0.3, -0.25) is 9.78 Å². The van der Waals surface area contributed by atoms with Crippen LogP contribution in [0.5, 0.6) is 0 Å². The van der Waals surface area contributed by atoms with Gasteiger partial charge in [0.25, 0.3) is 5.56 Å². The lowest BCUT2D eigenvalue weighted by Crippen LogP contribution is -2.22. The van der Waals surface area contributed by atoms with Crippen molar-refractivity contribution in [2.75, 3.05) is 0 Å². The van der Waals surface area contributed by atoms with Crippen molar-refractivity contribution in [2.45, 2.75) is 104 Å². The molecule has 0 unspecified atom stereocenters. The summed E-state index contributed by atoms with van der Waals surface area (Å²) >= 11 is 5.45. The SMILES string of the molecule is CCCCCCCCCCc1nnc(Cn2c3c(c(=O)[nH]c2=S)CCC3)n1CC. The second-order valence-electron chi connectivity index (χ2n) is 8.13. The molecule has 1 aliphatic rings. The predicted molar refractivity (Wildman–Crippen MR) is 119 cm³/mol. The second-order valence-corrected chi connectivity index (χ2v) is 8.51. The number of unbranched alkanes of at least 4 members (excludes halogenated alkanes) is 7. The van der Waals surface area contributed by atoms with Gasteiger partial charge in [0, 0.05) is 24.2 Å². The Kier molecular flexibility index (Phi) is 8.21. The summed E-state index contributed by atoms with van der Waals surface area (Å²) in [5.74, 6) is 2.00.